The van der Waals surface area contributed by atoms with Gasteiger partial charge in [0.25, 0.3) is 5.91 Å². The lowest BCUT2D eigenvalue weighted by atomic mass is 10.2. The van der Waals surface area contributed by atoms with Crippen LogP contribution in [0, 0.1) is 5.82 Å². The minimum atomic E-state index is -0.568. The lowest BCUT2D eigenvalue weighted by Gasteiger charge is -2.04. The fourth-order valence-corrected chi connectivity index (χ4v) is 1.21. The Morgan fingerprint density at radius 1 is 1.56 bits per heavy atom. The highest BCUT2D eigenvalue weighted by Crippen LogP contribution is 2.11. The smallest absolute Gasteiger partial charge is 0.251 e. The second kappa shape index (κ2) is 5.90. The lowest BCUT2D eigenvalue weighted by molar-refractivity contribution is 0.0954. The van der Waals surface area contributed by atoms with Crippen LogP contribution in [0.2, 0.25) is 0 Å². The summed E-state index contributed by atoms with van der Waals surface area (Å²) in [5.41, 5.74) is 5.64. The Hall–Kier alpha value is -1.84. The van der Waals surface area contributed by atoms with Crippen molar-refractivity contribution >= 4 is 11.6 Å². The number of carbonyl (C=O) groups excluding carboxylic acids is 1. The summed E-state index contributed by atoms with van der Waals surface area (Å²) in [4.78, 5) is 11.5. The van der Waals surface area contributed by atoms with Gasteiger partial charge in [-0.05, 0) is 31.5 Å². The zero-order valence-electron chi connectivity index (χ0n) is 9.16. The molecule has 1 aromatic carbocycles. The first-order valence-corrected chi connectivity index (χ1v) is 5.09. The van der Waals surface area contributed by atoms with E-state index in [-0.39, 0.29) is 17.2 Å². The topological polar surface area (TPSA) is 55.1 Å². The molecule has 3 N–H and O–H groups in total. The third-order valence-corrected chi connectivity index (χ3v) is 2.09. The van der Waals surface area contributed by atoms with Gasteiger partial charge in [0, 0.05) is 12.1 Å². The molecular weight excluding hydrogens is 207 g/mol. The minimum absolute atomic E-state index is 0.0467. The van der Waals surface area contributed by atoms with Gasteiger partial charge in [0.2, 0.25) is 0 Å². The van der Waals surface area contributed by atoms with E-state index in [4.69, 9.17) is 5.73 Å². The molecule has 0 unspecified atom stereocenters. The van der Waals surface area contributed by atoms with Crippen LogP contribution >= 0.6 is 0 Å². The summed E-state index contributed by atoms with van der Waals surface area (Å²) in [5.74, 6) is -0.857. The molecule has 3 nitrogen and oxygen atoms in total. The predicted octanol–water partition coefficient (Wildman–Crippen LogP) is 2.10. The third-order valence-electron chi connectivity index (χ3n) is 2.09. The van der Waals surface area contributed by atoms with Crippen molar-refractivity contribution in [1.82, 2.24) is 5.32 Å². The molecule has 0 atom stereocenters. The van der Waals surface area contributed by atoms with Gasteiger partial charge in [-0.2, -0.15) is 0 Å². The normalized spacial score (nSPS) is 10.6. The molecule has 1 aromatic rings. The van der Waals surface area contributed by atoms with Crippen molar-refractivity contribution in [3.05, 3.63) is 41.7 Å². The standard InChI is InChI=1S/C12H15FN2O/c1-2-3-4-7-15-12(16)9-5-6-11(14)10(13)8-9/h2-3,5-6,8H,4,7,14H2,1H3,(H,15,16)/b3-2+. The Labute approximate surface area is 94.1 Å². The van der Waals surface area contributed by atoms with Gasteiger partial charge in [-0.15, -0.1) is 0 Å². The monoisotopic (exact) mass is 222 g/mol. The molecule has 0 saturated heterocycles. The fourth-order valence-electron chi connectivity index (χ4n) is 1.21. The van der Waals surface area contributed by atoms with Gasteiger partial charge >= 0.3 is 0 Å². The highest BCUT2D eigenvalue weighted by Gasteiger charge is 2.07. The number of nitrogens with two attached hydrogens (primary N) is 1. The van der Waals surface area contributed by atoms with Crippen molar-refractivity contribution in [2.45, 2.75) is 13.3 Å². The molecule has 1 amide bonds. The van der Waals surface area contributed by atoms with Crippen molar-refractivity contribution < 1.29 is 9.18 Å². The molecular formula is C12H15FN2O. The molecule has 1 rings (SSSR count). The molecule has 0 aliphatic carbocycles. The number of anilines is 1. The van der Waals surface area contributed by atoms with E-state index in [9.17, 15) is 9.18 Å². The van der Waals surface area contributed by atoms with Gasteiger partial charge < -0.3 is 11.1 Å². The highest BCUT2D eigenvalue weighted by atomic mass is 19.1. The molecule has 86 valence electrons. The van der Waals surface area contributed by atoms with E-state index in [2.05, 4.69) is 5.32 Å². The van der Waals surface area contributed by atoms with Gasteiger partial charge in [-0.25, -0.2) is 4.39 Å². The first-order chi connectivity index (χ1) is 7.65. The second-order valence-corrected chi connectivity index (χ2v) is 3.35. The largest absolute Gasteiger partial charge is 0.396 e. The lowest BCUT2D eigenvalue weighted by Crippen LogP contribution is -2.24. The van der Waals surface area contributed by atoms with Gasteiger partial charge in [0.05, 0.1) is 5.69 Å². The van der Waals surface area contributed by atoms with E-state index in [0.29, 0.717) is 6.54 Å². The van der Waals surface area contributed by atoms with E-state index in [1.807, 2.05) is 19.1 Å². The van der Waals surface area contributed by atoms with Crippen LogP contribution in [0.15, 0.2) is 30.4 Å². The van der Waals surface area contributed by atoms with Crippen LogP contribution in [0.5, 0.6) is 0 Å². The summed E-state index contributed by atoms with van der Waals surface area (Å²) >= 11 is 0. The number of allylic oxidation sites excluding steroid dienone is 1. The Morgan fingerprint density at radius 2 is 2.31 bits per heavy atom. The minimum Gasteiger partial charge on any atom is -0.396 e. The molecule has 0 heterocycles. The average Bonchev–Trinajstić information content (AvgIpc) is 2.28. The predicted molar refractivity (Wildman–Crippen MR) is 62.6 cm³/mol. The Morgan fingerprint density at radius 3 is 2.94 bits per heavy atom. The maximum Gasteiger partial charge on any atom is 0.251 e. The van der Waals surface area contributed by atoms with Gasteiger partial charge in [0.1, 0.15) is 5.82 Å². The molecule has 0 aliphatic heterocycles. The van der Waals surface area contributed by atoms with E-state index in [1.54, 1.807) is 0 Å². The number of nitrogen functional groups attached to an aromatic ring is 1. The van der Waals surface area contributed by atoms with Crippen LogP contribution in [0.1, 0.15) is 23.7 Å². The summed E-state index contributed by atoms with van der Waals surface area (Å²) in [7, 11) is 0. The number of halogens is 1. The highest BCUT2D eigenvalue weighted by molar-refractivity contribution is 5.94. The number of amides is 1. The maximum absolute atomic E-state index is 13.1. The Bertz CT molecular complexity index is 402. The summed E-state index contributed by atoms with van der Waals surface area (Å²) in [5, 5.41) is 2.68. The third kappa shape index (κ3) is 3.38. The SMILES string of the molecule is C/C=C/CCNC(=O)c1ccc(N)c(F)c1. The van der Waals surface area contributed by atoms with Crippen molar-refractivity contribution in [3.8, 4) is 0 Å². The van der Waals surface area contributed by atoms with Crippen LogP contribution < -0.4 is 11.1 Å². The van der Waals surface area contributed by atoms with Crippen molar-refractivity contribution in [2.24, 2.45) is 0 Å². The molecule has 0 spiro atoms. The number of benzene rings is 1. The van der Waals surface area contributed by atoms with Crippen LogP contribution in [-0.2, 0) is 0 Å². The first-order valence-electron chi connectivity index (χ1n) is 5.09. The van der Waals surface area contributed by atoms with E-state index >= 15 is 0 Å². The molecule has 0 saturated carbocycles. The number of carbonyl (C=O) groups is 1. The molecule has 0 radical (unpaired) electrons. The molecule has 0 aliphatic rings. The second-order valence-electron chi connectivity index (χ2n) is 3.35. The van der Waals surface area contributed by atoms with Crippen molar-refractivity contribution in [3.63, 3.8) is 0 Å². The number of hydrogen-bond donors (Lipinski definition) is 2. The number of rotatable bonds is 4. The summed E-state index contributed by atoms with van der Waals surface area (Å²) < 4.78 is 13.1. The number of nitrogens with one attached hydrogen (secondary N) is 1. The Balaban J connectivity index is 2.56. The zero-order chi connectivity index (χ0) is 12.0. The zero-order valence-corrected chi connectivity index (χ0v) is 9.16. The van der Waals surface area contributed by atoms with Gasteiger partial charge in [-0.1, -0.05) is 12.2 Å². The molecule has 0 aromatic heterocycles. The first kappa shape index (κ1) is 12.2. The fraction of sp³-hybridized carbons (Fsp3) is 0.250. The van der Waals surface area contributed by atoms with Gasteiger partial charge in [0.15, 0.2) is 0 Å². The van der Waals surface area contributed by atoms with Crippen LogP contribution in [-0.4, -0.2) is 12.5 Å². The summed E-state index contributed by atoms with van der Waals surface area (Å²) in [6.45, 7) is 2.45. The molecule has 0 bridgehead atoms. The van der Waals surface area contributed by atoms with Crippen molar-refractivity contribution in [2.75, 3.05) is 12.3 Å². The maximum atomic E-state index is 13.1. The Kier molecular flexibility index (Phi) is 4.51. The quantitative estimate of drug-likeness (QED) is 0.465. The van der Waals surface area contributed by atoms with Crippen LogP contribution in [0.4, 0.5) is 10.1 Å². The average molecular weight is 222 g/mol. The van der Waals surface area contributed by atoms with E-state index < -0.39 is 5.82 Å². The molecule has 0 fully saturated rings. The van der Waals surface area contributed by atoms with Crippen molar-refractivity contribution in [1.29, 1.82) is 0 Å². The molecule has 16 heavy (non-hydrogen) atoms. The van der Waals surface area contributed by atoms with Crippen LogP contribution in [0.25, 0.3) is 0 Å². The number of hydrogen-bond acceptors (Lipinski definition) is 2. The van der Waals surface area contributed by atoms with Gasteiger partial charge in [-0.3, -0.25) is 4.79 Å². The van der Waals surface area contributed by atoms with Crippen LogP contribution in [0.3, 0.4) is 0 Å². The summed E-state index contributed by atoms with van der Waals surface area (Å²) in [6.07, 6.45) is 4.62. The van der Waals surface area contributed by atoms with E-state index in [1.165, 1.54) is 12.1 Å². The van der Waals surface area contributed by atoms with E-state index in [0.717, 1.165) is 12.5 Å². The summed E-state index contributed by atoms with van der Waals surface area (Å²) in [6, 6.07) is 4.03. The molecule has 4 heteroatoms.